The van der Waals surface area contributed by atoms with E-state index in [0.29, 0.717) is 5.56 Å². The summed E-state index contributed by atoms with van der Waals surface area (Å²) < 4.78 is 10.1. The van der Waals surface area contributed by atoms with Crippen LogP contribution in [0.25, 0.3) is 5.57 Å². The van der Waals surface area contributed by atoms with Crippen molar-refractivity contribution in [3.05, 3.63) is 46.4 Å². The summed E-state index contributed by atoms with van der Waals surface area (Å²) >= 11 is 0. The molecule has 7 heteroatoms. The lowest BCUT2D eigenvalue weighted by Gasteiger charge is -2.21. The first-order valence-corrected chi connectivity index (χ1v) is 8.54. The van der Waals surface area contributed by atoms with Crippen LogP contribution in [0, 0.1) is 0 Å². The van der Waals surface area contributed by atoms with Gasteiger partial charge in [0.1, 0.15) is 5.75 Å². The van der Waals surface area contributed by atoms with Crippen LogP contribution in [0.3, 0.4) is 0 Å². The van der Waals surface area contributed by atoms with Crippen LogP contribution in [0.2, 0.25) is 0 Å². The first-order valence-electron chi connectivity index (χ1n) is 8.54. The number of phenols is 1. The summed E-state index contributed by atoms with van der Waals surface area (Å²) in [6.07, 6.45) is 1.86. The number of hydrogen-bond acceptors (Lipinski definition) is 6. The molecule has 1 amide bonds. The molecule has 0 unspecified atom stereocenters. The molecule has 0 spiro atoms. The molecular weight excluding hydrogens is 350 g/mol. The van der Waals surface area contributed by atoms with E-state index in [9.17, 15) is 19.5 Å². The molecule has 0 radical (unpaired) electrons. The Morgan fingerprint density at radius 1 is 1.11 bits per heavy atom. The molecule has 0 atom stereocenters. The third-order valence-electron chi connectivity index (χ3n) is 4.90. The lowest BCUT2D eigenvalue weighted by molar-refractivity contribution is -0.119. The van der Waals surface area contributed by atoms with Gasteiger partial charge in [0, 0.05) is 24.2 Å². The Morgan fingerprint density at radius 2 is 1.70 bits per heavy atom. The van der Waals surface area contributed by atoms with Gasteiger partial charge in [-0.3, -0.25) is 14.4 Å². The normalized spacial score (nSPS) is 17.3. The van der Waals surface area contributed by atoms with Crippen molar-refractivity contribution in [2.24, 2.45) is 0 Å². The zero-order valence-corrected chi connectivity index (χ0v) is 15.7. The standard InChI is InChI=1S/C20H21NO6/c1-10-15(17(24)19(27-4)18(26-3)16(10)23)11-5-8-14(22)13(9-11)20(25)21(2)12-6-7-12/h5,8-9,12,22H,6-7H2,1-4H3. The number of phenolic OH excluding ortho intramolecular Hbond substituents is 1. The Balaban J connectivity index is 2.07. The second-order valence-electron chi connectivity index (χ2n) is 6.60. The molecule has 2 aliphatic carbocycles. The molecule has 0 aliphatic heterocycles. The topological polar surface area (TPSA) is 93.1 Å². The highest BCUT2D eigenvalue weighted by molar-refractivity contribution is 6.38. The van der Waals surface area contributed by atoms with Crippen molar-refractivity contribution in [1.82, 2.24) is 4.90 Å². The number of methoxy groups -OCH3 is 2. The van der Waals surface area contributed by atoms with Gasteiger partial charge in [0.15, 0.2) is 0 Å². The van der Waals surface area contributed by atoms with Gasteiger partial charge in [0.05, 0.1) is 19.8 Å². The SMILES string of the molecule is COC1=C(OC)C(=O)C(c2ccc(O)c(C(=O)N(C)C3CC3)c2)=C(C)C1=O. The summed E-state index contributed by atoms with van der Waals surface area (Å²) in [4.78, 5) is 39.7. The van der Waals surface area contributed by atoms with Crippen LogP contribution in [-0.2, 0) is 19.1 Å². The number of Topliss-reactive ketones (excluding diaryl/α,β-unsaturated/α-hetero) is 2. The van der Waals surface area contributed by atoms with Gasteiger partial charge in [-0.2, -0.15) is 0 Å². The number of ether oxygens (including phenoxy) is 2. The van der Waals surface area contributed by atoms with E-state index in [-0.39, 0.29) is 45.9 Å². The zero-order chi connectivity index (χ0) is 19.9. The lowest BCUT2D eigenvalue weighted by Crippen LogP contribution is -2.29. The molecule has 142 valence electrons. The number of hydrogen-bond donors (Lipinski definition) is 1. The molecule has 1 aromatic carbocycles. The van der Waals surface area contributed by atoms with E-state index < -0.39 is 11.6 Å². The highest BCUT2D eigenvalue weighted by Gasteiger charge is 2.36. The third-order valence-corrected chi connectivity index (χ3v) is 4.90. The number of ketones is 2. The number of aromatic hydroxyl groups is 1. The molecule has 1 saturated carbocycles. The Hall–Kier alpha value is -3.09. The summed E-state index contributed by atoms with van der Waals surface area (Å²) in [5, 5.41) is 10.1. The molecule has 27 heavy (non-hydrogen) atoms. The van der Waals surface area contributed by atoms with Gasteiger partial charge in [-0.05, 0) is 37.5 Å². The van der Waals surface area contributed by atoms with Crippen molar-refractivity contribution >= 4 is 23.0 Å². The minimum Gasteiger partial charge on any atom is -0.507 e. The van der Waals surface area contributed by atoms with Crippen molar-refractivity contribution < 1.29 is 29.0 Å². The molecular formula is C20H21NO6. The van der Waals surface area contributed by atoms with Crippen LogP contribution in [0.5, 0.6) is 5.75 Å². The van der Waals surface area contributed by atoms with Crippen LogP contribution in [0.4, 0.5) is 0 Å². The van der Waals surface area contributed by atoms with Gasteiger partial charge in [-0.1, -0.05) is 6.07 Å². The van der Waals surface area contributed by atoms with Gasteiger partial charge < -0.3 is 19.5 Å². The van der Waals surface area contributed by atoms with Crippen LogP contribution >= 0.6 is 0 Å². The number of rotatable bonds is 5. The summed E-state index contributed by atoms with van der Waals surface area (Å²) in [6, 6.07) is 4.46. The maximum Gasteiger partial charge on any atom is 0.257 e. The predicted octanol–water partition coefficient (Wildman–Crippen LogP) is 2.06. The maximum absolute atomic E-state index is 12.9. The van der Waals surface area contributed by atoms with E-state index in [4.69, 9.17) is 9.47 Å². The van der Waals surface area contributed by atoms with Crippen molar-refractivity contribution in [3.63, 3.8) is 0 Å². The number of benzene rings is 1. The van der Waals surface area contributed by atoms with Crippen molar-refractivity contribution in [2.45, 2.75) is 25.8 Å². The maximum atomic E-state index is 12.9. The smallest absolute Gasteiger partial charge is 0.257 e. The third kappa shape index (κ3) is 3.09. The minimum absolute atomic E-state index is 0.0860. The fraction of sp³-hybridized carbons (Fsp3) is 0.350. The lowest BCUT2D eigenvalue weighted by atomic mass is 9.87. The molecule has 1 aromatic rings. The molecule has 0 aromatic heterocycles. The number of carbonyl (C=O) groups excluding carboxylic acids is 3. The number of carbonyl (C=O) groups is 3. The Kier molecular flexibility index (Phi) is 4.78. The van der Waals surface area contributed by atoms with Crippen molar-refractivity contribution in [2.75, 3.05) is 21.3 Å². The second-order valence-corrected chi connectivity index (χ2v) is 6.60. The van der Waals surface area contributed by atoms with E-state index in [2.05, 4.69) is 0 Å². The number of amides is 1. The van der Waals surface area contributed by atoms with Crippen LogP contribution in [0.1, 0.15) is 35.7 Å². The Bertz CT molecular complexity index is 907. The van der Waals surface area contributed by atoms with Crippen LogP contribution in [0.15, 0.2) is 35.3 Å². The predicted molar refractivity (Wildman–Crippen MR) is 96.9 cm³/mol. The monoisotopic (exact) mass is 371 g/mol. The van der Waals surface area contributed by atoms with Gasteiger partial charge in [-0.15, -0.1) is 0 Å². The van der Waals surface area contributed by atoms with Gasteiger partial charge in [0.25, 0.3) is 5.91 Å². The van der Waals surface area contributed by atoms with Gasteiger partial charge in [-0.25, -0.2) is 0 Å². The van der Waals surface area contributed by atoms with E-state index in [0.717, 1.165) is 12.8 Å². The summed E-state index contributed by atoms with van der Waals surface area (Å²) in [5.41, 5.74) is 0.766. The van der Waals surface area contributed by atoms with E-state index in [1.165, 1.54) is 39.3 Å². The molecule has 3 rings (SSSR count). The molecule has 0 bridgehead atoms. The van der Waals surface area contributed by atoms with Gasteiger partial charge in [0.2, 0.25) is 23.1 Å². The zero-order valence-electron chi connectivity index (χ0n) is 15.7. The number of allylic oxidation sites excluding steroid dienone is 2. The highest BCUT2D eigenvalue weighted by Crippen LogP contribution is 2.35. The van der Waals surface area contributed by atoms with E-state index in [1.807, 2.05) is 0 Å². The quantitative estimate of drug-likeness (QED) is 0.797. The van der Waals surface area contributed by atoms with E-state index in [1.54, 1.807) is 11.9 Å². The Labute approximate surface area is 156 Å². The van der Waals surface area contributed by atoms with E-state index >= 15 is 0 Å². The average molecular weight is 371 g/mol. The van der Waals surface area contributed by atoms with Crippen LogP contribution < -0.4 is 0 Å². The molecule has 0 heterocycles. The first-order chi connectivity index (χ1) is 12.8. The molecule has 1 fully saturated rings. The fourth-order valence-corrected chi connectivity index (χ4v) is 3.17. The average Bonchev–Trinajstić information content (AvgIpc) is 3.49. The Morgan fingerprint density at radius 3 is 2.26 bits per heavy atom. The summed E-state index contributed by atoms with van der Waals surface area (Å²) in [5.74, 6) is -1.80. The molecule has 7 nitrogen and oxygen atoms in total. The fourth-order valence-electron chi connectivity index (χ4n) is 3.17. The van der Waals surface area contributed by atoms with Crippen molar-refractivity contribution in [1.29, 1.82) is 0 Å². The first kappa shape index (κ1) is 18.7. The van der Waals surface area contributed by atoms with Crippen molar-refractivity contribution in [3.8, 4) is 5.75 Å². The second kappa shape index (κ2) is 6.90. The molecule has 0 saturated heterocycles. The summed E-state index contributed by atoms with van der Waals surface area (Å²) in [7, 11) is 4.26. The van der Waals surface area contributed by atoms with Gasteiger partial charge >= 0.3 is 0 Å². The summed E-state index contributed by atoms with van der Waals surface area (Å²) in [6.45, 7) is 1.52. The molecule has 1 N–H and O–H groups in total. The minimum atomic E-state index is -0.508. The number of nitrogens with zero attached hydrogens (tertiary/aromatic N) is 1. The molecule has 2 aliphatic rings. The highest BCUT2D eigenvalue weighted by atomic mass is 16.5. The largest absolute Gasteiger partial charge is 0.507 e. The van der Waals surface area contributed by atoms with Crippen LogP contribution in [-0.4, -0.2) is 54.8 Å².